The van der Waals surface area contributed by atoms with Crippen molar-refractivity contribution in [2.75, 3.05) is 40.9 Å². The van der Waals surface area contributed by atoms with Crippen LogP contribution in [-0.2, 0) is 18.4 Å². The minimum absolute atomic E-state index is 0.0159. The second-order valence-corrected chi connectivity index (χ2v) is 25.9. The number of rotatable bonds is 63. The number of aliphatic hydroxyl groups is 1. The molecule has 0 rings (SSSR count). The summed E-state index contributed by atoms with van der Waals surface area (Å²) in [5, 5.41) is 13.9. The average molecular weight is 1210 g/mol. The first-order chi connectivity index (χ1) is 42.0. The van der Waals surface area contributed by atoms with Crippen LogP contribution in [0.2, 0.25) is 0 Å². The van der Waals surface area contributed by atoms with Crippen molar-refractivity contribution >= 4 is 13.7 Å². The molecule has 0 aliphatic heterocycles. The molecule has 2 N–H and O–H groups in total. The number of aliphatic hydroxyl groups excluding tert-OH is 1. The predicted octanol–water partition coefficient (Wildman–Crippen LogP) is 22.1. The van der Waals surface area contributed by atoms with Gasteiger partial charge in [-0.1, -0.05) is 307 Å². The van der Waals surface area contributed by atoms with Crippen LogP contribution in [0.1, 0.15) is 284 Å². The number of unbranched alkanes of at least 4 members (excludes halogenated alkanes) is 28. The number of hydrogen-bond donors (Lipinski definition) is 2. The highest BCUT2D eigenvalue weighted by Crippen LogP contribution is 2.38. The maximum atomic E-state index is 13.0. The zero-order valence-corrected chi connectivity index (χ0v) is 57.1. The molecular formula is C77H133N2O6P. The molecule has 492 valence electrons. The van der Waals surface area contributed by atoms with E-state index < -0.39 is 26.6 Å². The van der Waals surface area contributed by atoms with Crippen LogP contribution in [-0.4, -0.2) is 68.5 Å². The molecule has 1 amide bonds. The van der Waals surface area contributed by atoms with Crippen molar-refractivity contribution in [2.24, 2.45) is 0 Å². The van der Waals surface area contributed by atoms with Gasteiger partial charge in [-0.25, -0.2) is 0 Å². The minimum atomic E-state index is -4.63. The van der Waals surface area contributed by atoms with E-state index in [1.54, 1.807) is 6.08 Å². The lowest BCUT2D eigenvalue weighted by Crippen LogP contribution is -2.45. The first kappa shape index (κ1) is 82.4. The smallest absolute Gasteiger partial charge is 0.268 e. The summed E-state index contributed by atoms with van der Waals surface area (Å²) in [6, 6.07) is -0.923. The van der Waals surface area contributed by atoms with Crippen molar-refractivity contribution in [3.05, 3.63) is 146 Å². The standard InChI is InChI=1S/C77H133N2O6P/c1-6-8-10-12-14-16-18-20-22-24-26-28-30-32-33-34-35-36-37-38-39-40-41-42-43-44-45-47-49-51-53-55-57-59-61-63-65-67-69-71-77(81)78-75(74-85-86(82,83)84-73-72-79(3,4)5)76(80)70-68-66-64-62-60-58-56-54-52-50-48-46-31-29-27-25-23-21-19-17-15-13-11-9-7-2/h8,10,14,16,20,22,26,28,32-33,35-36,38-39,41-42,44-45,52,54,60,62,68,70,75-76,80H,6-7,9,11-13,15,17-19,21,23-25,27,29-31,34,37,40,43,46-51,53,55-59,61,63-67,69,71-74H2,1-5H3,(H-,78,81,82,83)/b10-8-,16-14-,22-20-,28-26-,33-32-,36-35-,39-38-,42-41-,45-44-,54-52+,62-60+,70-68+. The predicted molar refractivity (Wildman–Crippen MR) is 375 cm³/mol. The number of carbonyl (C=O) groups is 1. The third kappa shape index (κ3) is 67.9. The van der Waals surface area contributed by atoms with E-state index >= 15 is 0 Å². The number of phosphoric acid groups is 1. The van der Waals surface area contributed by atoms with Gasteiger partial charge in [-0.2, -0.15) is 0 Å². The molecule has 3 atom stereocenters. The van der Waals surface area contributed by atoms with Gasteiger partial charge >= 0.3 is 0 Å². The number of quaternary nitrogens is 1. The first-order valence-electron chi connectivity index (χ1n) is 35.2. The van der Waals surface area contributed by atoms with E-state index in [1.165, 1.54) is 154 Å². The number of amides is 1. The number of carbonyl (C=O) groups excluding carboxylic acids is 1. The Hall–Kier alpha value is -3.62. The van der Waals surface area contributed by atoms with E-state index in [0.29, 0.717) is 17.4 Å². The van der Waals surface area contributed by atoms with Gasteiger partial charge in [0.2, 0.25) is 5.91 Å². The van der Waals surface area contributed by atoms with Gasteiger partial charge in [0.1, 0.15) is 13.2 Å². The summed E-state index contributed by atoms with van der Waals surface area (Å²) in [5.41, 5.74) is 0. The lowest BCUT2D eigenvalue weighted by molar-refractivity contribution is -0.870. The van der Waals surface area contributed by atoms with E-state index in [0.717, 1.165) is 109 Å². The summed E-state index contributed by atoms with van der Waals surface area (Å²) in [7, 11) is 1.22. The van der Waals surface area contributed by atoms with Crippen LogP contribution in [0.15, 0.2) is 146 Å². The second kappa shape index (κ2) is 65.8. The molecule has 0 radical (unpaired) electrons. The Morgan fingerprint density at radius 3 is 1.08 bits per heavy atom. The Morgan fingerprint density at radius 1 is 0.419 bits per heavy atom. The SMILES string of the molecule is CC/C=C\C/C=C\C/C=C\C/C=C\C/C=C\C/C=C\C/C=C\C/C=C\C/C=C\CCCCCCCCCCCCCC(=O)NC(COP(=O)([O-])OCC[N+](C)(C)C)C(O)/C=C/CC/C=C/CC/C=C/CCCCCCCCCCCCCCCCC. The number of nitrogens with zero attached hydrogens (tertiary/aromatic N) is 1. The Labute approximate surface area is 531 Å². The molecule has 3 unspecified atom stereocenters. The largest absolute Gasteiger partial charge is 0.756 e. The second-order valence-electron chi connectivity index (χ2n) is 24.5. The van der Waals surface area contributed by atoms with Crippen molar-refractivity contribution in [3.63, 3.8) is 0 Å². The zero-order valence-electron chi connectivity index (χ0n) is 56.2. The van der Waals surface area contributed by atoms with E-state index in [-0.39, 0.29) is 12.5 Å². The molecule has 0 spiro atoms. The average Bonchev–Trinajstić information content (AvgIpc) is 3.70. The first-order valence-corrected chi connectivity index (χ1v) is 36.7. The fraction of sp³-hybridized carbons (Fsp3) is 0.675. The van der Waals surface area contributed by atoms with Crippen molar-refractivity contribution in [2.45, 2.75) is 296 Å². The number of likely N-dealkylation sites (N-methyl/N-ethyl adjacent to an activating group) is 1. The normalized spacial score (nSPS) is 14.5. The van der Waals surface area contributed by atoms with E-state index in [4.69, 9.17) is 9.05 Å². The third-order valence-corrected chi connectivity index (χ3v) is 16.0. The summed E-state index contributed by atoms with van der Waals surface area (Å²) < 4.78 is 23.4. The lowest BCUT2D eigenvalue weighted by atomic mass is 10.0. The van der Waals surface area contributed by atoms with Gasteiger partial charge in [0.05, 0.1) is 39.9 Å². The molecule has 0 fully saturated rings. The van der Waals surface area contributed by atoms with Gasteiger partial charge < -0.3 is 28.8 Å². The molecule has 0 aromatic heterocycles. The molecule has 0 aliphatic rings. The molecule has 86 heavy (non-hydrogen) atoms. The highest BCUT2D eigenvalue weighted by molar-refractivity contribution is 7.45. The van der Waals surface area contributed by atoms with Gasteiger partial charge in [-0.15, -0.1) is 0 Å². The van der Waals surface area contributed by atoms with Crippen molar-refractivity contribution in [3.8, 4) is 0 Å². The molecule has 0 aromatic carbocycles. The van der Waals surface area contributed by atoms with E-state index in [1.807, 2.05) is 27.2 Å². The maximum absolute atomic E-state index is 13.0. The van der Waals surface area contributed by atoms with Crippen molar-refractivity contribution in [1.82, 2.24) is 5.32 Å². The van der Waals surface area contributed by atoms with Crippen LogP contribution in [0.5, 0.6) is 0 Å². The van der Waals surface area contributed by atoms with Crippen LogP contribution >= 0.6 is 7.82 Å². The zero-order chi connectivity index (χ0) is 62.6. The highest BCUT2D eigenvalue weighted by atomic mass is 31.2. The van der Waals surface area contributed by atoms with Gasteiger partial charge in [0.25, 0.3) is 7.82 Å². The summed E-state index contributed by atoms with van der Waals surface area (Å²) in [5.74, 6) is -0.218. The van der Waals surface area contributed by atoms with Crippen LogP contribution < -0.4 is 10.2 Å². The van der Waals surface area contributed by atoms with Gasteiger partial charge in [-0.3, -0.25) is 9.36 Å². The third-order valence-electron chi connectivity index (χ3n) is 15.0. The molecule has 0 bridgehead atoms. The summed E-state index contributed by atoms with van der Waals surface area (Å²) >= 11 is 0. The Morgan fingerprint density at radius 2 is 0.721 bits per heavy atom. The lowest BCUT2D eigenvalue weighted by Gasteiger charge is -2.29. The van der Waals surface area contributed by atoms with Crippen molar-refractivity contribution in [1.29, 1.82) is 0 Å². The minimum Gasteiger partial charge on any atom is -0.756 e. The number of nitrogens with one attached hydrogen (secondary N) is 1. The fourth-order valence-electron chi connectivity index (χ4n) is 9.59. The molecule has 8 nitrogen and oxygen atoms in total. The molecule has 0 aromatic rings. The topological polar surface area (TPSA) is 108 Å². The van der Waals surface area contributed by atoms with Crippen LogP contribution in [0.25, 0.3) is 0 Å². The summed E-state index contributed by atoms with van der Waals surface area (Å²) in [4.78, 5) is 25.6. The monoisotopic (exact) mass is 1210 g/mol. The van der Waals surface area contributed by atoms with Crippen LogP contribution in [0.3, 0.4) is 0 Å². The summed E-state index contributed by atoms with van der Waals surface area (Å²) in [6.07, 6.45) is 101. The van der Waals surface area contributed by atoms with Gasteiger partial charge in [-0.05, 0) is 116 Å². The Bertz CT molecular complexity index is 1910. The molecular weight excluding hydrogens is 1080 g/mol. The molecule has 9 heteroatoms. The maximum Gasteiger partial charge on any atom is 0.268 e. The highest BCUT2D eigenvalue weighted by Gasteiger charge is 2.23. The van der Waals surface area contributed by atoms with Crippen molar-refractivity contribution < 1.29 is 32.9 Å². The van der Waals surface area contributed by atoms with E-state index in [2.05, 4.69) is 153 Å². The molecule has 0 heterocycles. The molecule has 0 saturated heterocycles. The Kier molecular flexibility index (Phi) is 63.0. The number of allylic oxidation sites excluding steroid dienone is 23. The number of phosphoric ester groups is 1. The Balaban J connectivity index is 4.17. The molecule has 0 saturated carbocycles. The van der Waals surface area contributed by atoms with E-state index in [9.17, 15) is 19.4 Å². The molecule has 0 aliphatic carbocycles. The quantitative estimate of drug-likeness (QED) is 0.0272. The summed E-state index contributed by atoms with van der Waals surface area (Å²) in [6.45, 7) is 4.51. The van der Waals surface area contributed by atoms with Gasteiger partial charge in [0, 0.05) is 6.42 Å². The van der Waals surface area contributed by atoms with Crippen LogP contribution in [0, 0.1) is 0 Å². The van der Waals surface area contributed by atoms with Crippen LogP contribution in [0.4, 0.5) is 0 Å². The number of hydrogen-bond acceptors (Lipinski definition) is 6. The van der Waals surface area contributed by atoms with Gasteiger partial charge in [0.15, 0.2) is 0 Å². The fourth-order valence-corrected chi connectivity index (χ4v) is 10.3.